The Morgan fingerprint density at radius 1 is 1.04 bits per heavy atom. The molecule has 2 aromatic carbocycles. The number of rotatable bonds is 4. The molecule has 3 rings (SSSR count). The fourth-order valence-corrected chi connectivity index (χ4v) is 5.34. The standard InChI is InChI=1S/C14H11BrN4O2SSe/c1-10-2-6-12(7-3-10)22(20,21)19-14(16-17-18-19)23-13-8-4-11(15)5-9-13/h2-9H,1H3. The first-order valence-corrected chi connectivity index (χ1v) is 10.5. The average Bonchev–Trinajstić information content (AvgIpc) is 2.99. The van der Waals surface area contributed by atoms with Crippen LogP contribution in [0.1, 0.15) is 5.56 Å². The van der Waals surface area contributed by atoms with Crippen molar-refractivity contribution in [2.75, 3.05) is 0 Å². The molecule has 1 aromatic heterocycles. The SMILES string of the molecule is Cc1ccc(S(=O)(=O)n2nnnc2[Se]c2ccc(Br)cc2)cc1. The number of hydrogen-bond acceptors (Lipinski definition) is 5. The van der Waals surface area contributed by atoms with Crippen molar-refractivity contribution in [3.63, 3.8) is 0 Å². The van der Waals surface area contributed by atoms with Crippen LogP contribution in [0.2, 0.25) is 0 Å². The van der Waals surface area contributed by atoms with Gasteiger partial charge < -0.3 is 0 Å². The summed E-state index contributed by atoms with van der Waals surface area (Å²) in [5.41, 5.74) is 0.986. The predicted octanol–water partition coefficient (Wildman–Crippen LogP) is 0.636. The Morgan fingerprint density at radius 2 is 1.70 bits per heavy atom. The molecule has 0 saturated heterocycles. The number of nitrogens with zero attached hydrogens (tertiary/aromatic N) is 4. The van der Waals surface area contributed by atoms with Crippen LogP contribution in [0.4, 0.5) is 0 Å². The van der Waals surface area contributed by atoms with E-state index in [-0.39, 0.29) is 19.9 Å². The first-order chi connectivity index (χ1) is 11.0. The Balaban J connectivity index is 1.96. The van der Waals surface area contributed by atoms with Crippen molar-refractivity contribution in [2.45, 2.75) is 11.8 Å². The van der Waals surface area contributed by atoms with Gasteiger partial charge in [-0.25, -0.2) is 0 Å². The molecule has 0 radical (unpaired) electrons. The second-order valence-electron chi connectivity index (χ2n) is 4.68. The van der Waals surface area contributed by atoms with Gasteiger partial charge in [0, 0.05) is 0 Å². The van der Waals surface area contributed by atoms with E-state index in [0.717, 1.165) is 18.6 Å². The van der Waals surface area contributed by atoms with E-state index in [2.05, 4.69) is 31.5 Å². The molecule has 6 nitrogen and oxygen atoms in total. The Bertz CT molecular complexity index is 924. The van der Waals surface area contributed by atoms with Crippen molar-refractivity contribution in [3.05, 3.63) is 58.6 Å². The van der Waals surface area contributed by atoms with E-state index < -0.39 is 10.0 Å². The minimum atomic E-state index is -3.78. The van der Waals surface area contributed by atoms with Crippen LogP contribution in [0.5, 0.6) is 0 Å². The van der Waals surface area contributed by atoms with E-state index in [1.54, 1.807) is 24.3 Å². The van der Waals surface area contributed by atoms with Gasteiger partial charge in [0.2, 0.25) is 0 Å². The van der Waals surface area contributed by atoms with Gasteiger partial charge in [-0.3, -0.25) is 0 Å². The van der Waals surface area contributed by atoms with Crippen LogP contribution in [0, 0.1) is 6.92 Å². The summed E-state index contributed by atoms with van der Waals surface area (Å²) in [4.78, 5) is 0.170. The summed E-state index contributed by atoms with van der Waals surface area (Å²) in [5, 5.41) is 11.1. The van der Waals surface area contributed by atoms with Crippen molar-refractivity contribution in [2.24, 2.45) is 0 Å². The molecule has 0 aliphatic rings. The van der Waals surface area contributed by atoms with Crippen LogP contribution < -0.4 is 9.18 Å². The number of halogens is 1. The third-order valence-corrected chi connectivity index (χ3v) is 7.33. The van der Waals surface area contributed by atoms with Gasteiger partial charge >= 0.3 is 149 Å². The van der Waals surface area contributed by atoms with Crippen LogP contribution in [0.15, 0.2) is 57.9 Å². The van der Waals surface area contributed by atoms with Crippen molar-refractivity contribution < 1.29 is 8.42 Å². The van der Waals surface area contributed by atoms with Gasteiger partial charge in [0.15, 0.2) is 0 Å². The van der Waals surface area contributed by atoms with Gasteiger partial charge in [0.1, 0.15) is 0 Å². The van der Waals surface area contributed by atoms with Crippen LogP contribution in [-0.2, 0) is 10.0 Å². The molecule has 23 heavy (non-hydrogen) atoms. The molecule has 0 bridgehead atoms. The average molecular weight is 458 g/mol. The maximum absolute atomic E-state index is 12.7. The summed E-state index contributed by atoms with van der Waals surface area (Å²) in [6.07, 6.45) is 0. The van der Waals surface area contributed by atoms with Gasteiger partial charge in [0.25, 0.3) is 0 Å². The van der Waals surface area contributed by atoms with Crippen molar-refractivity contribution >= 4 is 50.1 Å². The zero-order chi connectivity index (χ0) is 16.4. The summed E-state index contributed by atoms with van der Waals surface area (Å²) >= 11 is 3.05. The number of aromatic nitrogens is 4. The van der Waals surface area contributed by atoms with Crippen molar-refractivity contribution in [1.29, 1.82) is 0 Å². The van der Waals surface area contributed by atoms with Gasteiger partial charge in [-0.05, 0) is 0 Å². The topological polar surface area (TPSA) is 77.7 Å². The Hall–Kier alpha value is -1.54. The first kappa shape index (κ1) is 16.3. The van der Waals surface area contributed by atoms with Crippen LogP contribution in [0.25, 0.3) is 0 Å². The summed E-state index contributed by atoms with van der Waals surface area (Å²) in [6.45, 7) is 1.90. The third kappa shape index (κ3) is 3.53. The van der Waals surface area contributed by atoms with Gasteiger partial charge in [-0.2, -0.15) is 0 Å². The van der Waals surface area contributed by atoms with E-state index in [1.165, 1.54) is 0 Å². The minimum absolute atomic E-state index is 0.170. The van der Waals surface area contributed by atoms with E-state index in [0.29, 0.717) is 4.72 Å². The molecule has 1 heterocycles. The zero-order valence-corrected chi connectivity index (χ0v) is 16.0. The van der Waals surface area contributed by atoms with E-state index in [1.807, 2.05) is 31.2 Å². The molecule has 0 spiro atoms. The maximum atomic E-state index is 12.7. The number of aryl methyl sites for hydroxylation is 1. The molecular formula is C14H11BrN4O2SSe. The summed E-state index contributed by atoms with van der Waals surface area (Å²) in [7, 11) is -3.78. The Labute approximate surface area is 148 Å². The molecular weight excluding hydrogens is 447 g/mol. The summed E-state index contributed by atoms with van der Waals surface area (Å²) < 4.78 is 28.6. The molecule has 0 aliphatic carbocycles. The molecule has 0 unspecified atom stereocenters. The molecule has 0 saturated carbocycles. The second kappa shape index (κ2) is 6.52. The van der Waals surface area contributed by atoms with Crippen molar-refractivity contribution in [1.82, 2.24) is 19.6 Å². The van der Waals surface area contributed by atoms with E-state index in [9.17, 15) is 8.42 Å². The number of hydrogen-bond donors (Lipinski definition) is 0. The zero-order valence-electron chi connectivity index (χ0n) is 11.9. The van der Waals surface area contributed by atoms with Crippen LogP contribution >= 0.6 is 15.9 Å². The fourth-order valence-electron chi connectivity index (χ4n) is 1.80. The fraction of sp³-hybridized carbons (Fsp3) is 0.0714. The van der Waals surface area contributed by atoms with Gasteiger partial charge in [-0.1, -0.05) is 0 Å². The summed E-state index contributed by atoms with van der Waals surface area (Å²) in [6, 6.07) is 14.3. The van der Waals surface area contributed by atoms with E-state index in [4.69, 9.17) is 0 Å². The molecule has 0 N–H and O–H groups in total. The van der Waals surface area contributed by atoms with E-state index >= 15 is 0 Å². The molecule has 9 heteroatoms. The molecule has 118 valence electrons. The van der Waals surface area contributed by atoms with Crippen LogP contribution in [-0.4, -0.2) is 43.0 Å². The predicted molar refractivity (Wildman–Crippen MR) is 90.7 cm³/mol. The van der Waals surface area contributed by atoms with Gasteiger partial charge in [0.05, 0.1) is 0 Å². The monoisotopic (exact) mass is 458 g/mol. The quantitative estimate of drug-likeness (QED) is 0.537. The number of benzene rings is 2. The molecule has 0 aliphatic heterocycles. The third-order valence-electron chi connectivity index (χ3n) is 2.98. The molecule has 0 fully saturated rings. The van der Waals surface area contributed by atoms with Crippen molar-refractivity contribution in [3.8, 4) is 0 Å². The molecule has 3 aromatic rings. The Kier molecular flexibility index (Phi) is 4.63. The second-order valence-corrected chi connectivity index (χ2v) is 9.55. The number of tetrazole rings is 1. The molecule has 0 atom stereocenters. The molecule has 0 amide bonds. The summed E-state index contributed by atoms with van der Waals surface area (Å²) in [5.74, 6) is 0. The van der Waals surface area contributed by atoms with Gasteiger partial charge in [-0.15, -0.1) is 0 Å². The first-order valence-electron chi connectivity index (χ1n) is 6.51. The Morgan fingerprint density at radius 3 is 2.35 bits per heavy atom. The van der Waals surface area contributed by atoms with Crippen LogP contribution in [0.3, 0.4) is 0 Å². The normalized spacial score (nSPS) is 11.6.